The van der Waals surface area contributed by atoms with Crippen LogP contribution in [-0.4, -0.2) is 66.6 Å². The fourth-order valence-electron chi connectivity index (χ4n) is 3.84. The molecule has 128 valence electrons. The molecule has 2 aliphatic rings. The Kier molecular flexibility index (Phi) is 7.35. The van der Waals surface area contributed by atoms with Gasteiger partial charge in [0.25, 0.3) is 0 Å². The van der Waals surface area contributed by atoms with Crippen molar-refractivity contribution >= 4 is 17.8 Å². The molecule has 0 radical (unpaired) electrons. The summed E-state index contributed by atoms with van der Waals surface area (Å²) in [5.41, 5.74) is 0. The van der Waals surface area contributed by atoms with E-state index in [1.54, 1.807) is 0 Å². The van der Waals surface area contributed by atoms with Crippen molar-refractivity contribution in [1.82, 2.24) is 15.1 Å². The predicted octanol–water partition coefficient (Wildman–Crippen LogP) is 3.03. The van der Waals surface area contributed by atoms with Crippen molar-refractivity contribution in [2.24, 2.45) is 5.92 Å². The molecule has 4 nitrogen and oxygen atoms in total. The topological polar surface area (TPSA) is 35.6 Å². The molecule has 1 heterocycles. The van der Waals surface area contributed by atoms with E-state index in [0.29, 0.717) is 12.0 Å². The summed E-state index contributed by atoms with van der Waals surface area (Å²) >= 11 is 2.05. The lowest BCUT2D eigenvalue weighted by Crippen LogP contribution is -2.48. The molecular formula is C17H33N3OS. The molecule has 0 bridgehead atoms. The first-order chi connectivity index (χ1) is 10.6. The number of likely N-dealkylation sites (tertiary alicyclic amines) is 1. The summed E-state index contributed by atoms with van der Waals surface area (Å²) in [7, 11) is 4.13. The SMILES string of the molecule is CCS[C@@H]1CCC[C@@H](NC(=O)N(C)C[C@H]2CCCN(C)C2)C1. The molecule has 1 aliphatic carbocycles. The molecule has 2 amide bonds. The highest BCUT2D eigenvalue weighted by atomic mass is 32.2. The first-order valence-electron chi connectivity index (χ1n) is 8.90. The van der Waals surface area contributed by atoms with Gasteiger partial charge in [0.1, 0.15) is 0 Å². The molecule has 2 fully saturated rings. The van der Waals surface area contributed by atoms with E-state index in [4.69, 9.17) is 0 Å². The van der Waals surface area contributed by atoms with Crippen LogP contribution in [-0.2, 0) is 0 Å². The van der Waals surface area contributed by atoms with Crippen LogP contribution in [0.15, 0.2) is 0 Å². The van der Waals surface area contributed by atoms with Gasteiger partial charge >= 0.3 is 6.03 Å². The fourth-order valence-corrected chi connectivity index (χ4v) is 5.01. The Hall–Kier alpha value is -0.420. The van der Waals surface area contributed by atoms with Crippen LogP contribution in [0.5, 0.6) is 0 Å². The van der Waals surface area contributed by atoms with Gasteiger partial charge in [-0.3, -0.25) is 0 Å². The second-order valence-corrected chi connectivity index (χ2v) is 8.62. The third-order valence-corrected chi connectivity index (χ3v) is 6.19. The van der Waals surface area contributed by atoms with Crippen molar-refractivity contribution in [1.29, 1.82) is 0 Å². The summed E-state index contributed by atoms with van der Waals surface area (Å²) < 4.78 is 0. The van der Waals surface area contributed by atoms with Crippen LogP contribution < -0.4 is 5.32 Å². The Morgan fingerprint density at radius 3 is 2.86 bits per heavy atom. The number of urea groups is 1. The fraction of sp³-hybridized carbons (Fsp3) is 0.941. The van der Waals surface area contributed by atoms with Crippen LogP contribution >= 0.6 is 11.8 Å². The van der Waals surface area contributed by atoms with Gasteiger partial charge in [-0.2, -0.15) is 11.8 Å². The minimum Gasteiger partial charge on any atom is -0.335 e. The molecule has 2 rings (SSSR count). The van der Waals surface area contributed by atoms with Crippen LogP contribution in [0, 0.1) is 5.92 Å². The molecule has 0 spiro atoms. The van der Waals surface area contributed by atoms with Gasteiger partial charge in [-0.25, -0.2) is 4.79 Å². The number of carbonyl (C=O) groups is 1. The van der Waals surface area contributed by atoms with E-state index in [2.05, 4.69) is 24.2 Å². The maximum absolute atomic E-state index is 12.4. The lowest BCUT2D eigenvalue weighted by Gasteiger charge is -2.34. The molecule has 0 aromatic carbocycles. The zero-order chi connectivity index (χ0) is 15.9. The van der Waals surface area contributed by atoms with Crippen LogP contribution in [0.2, 0.25) is 0 Å². The van der Waals surface area contributed by atoms with Gasteiger partial charge in [0.2, 0.25) is 0 Å². The lowest BCUT2D eigenvalue weighted by atomic mass is 9.95. The van der Waals surface area contributed by atoms with Crippen LogP contribution in [0.1, 0.15) is 45.4 Å². The number of hydrogen-bond donors (Lipinski definition) is 1. The van der Waals surface area contributed by atoms with Gasteiger partial charge in [-0.1, -0.05) is 13.3 Å². The Morgan fingerprint density at radius 2 is 2.14 bits per heavy atom. The molecular weight excluding hydrogens is 294 g/mol. The van der Waals surface area contributed by atoms with Crippen molar-refractivity contribution in [2.45, 2.75) is 56.7 Å². The summed E-state index contributed by atoms with van der Waals surface area (Å²) in [5.74, 6) is 1.81. The minimum absolute atomic E-state index is 0.125. The zero-order valence-corrected chi connectivity index (χ0v) is 15.3. The van der Waals surface area contributed by atoms with Gasteiger partial charge in [0.05, 0.1) is 0 Å². The van der Waals surface area contributed by atoms with Gasteiger partial charge < -0.3 is 15.1 Å². The summed E-state index contributed by atoms with van der Waals surface area (Å²) in [4.78, 5) is 16.7. The molecule has 1 saturated heterocycles. The van der Waals surface area contributed by atoms with Crippen molar-refractivity contribution < 1.29 is 4.79 Å². The molecule has 1 N–H and O–H groups in total. The first kappa shape index (κ1) is 17.9. The molecule has 5 heteroatoms. The first-order valence-corrected chi connectivity index (χ1v) is 9.95. The monoisotopic (exact) mass is 327 g/mol. The average Bonchev–Trinajstić information content (AvgIpc) is 2.48. The Bertz CT molecular complexity index is 351. The second-order valence-electron chi connectivity index (χ2n) is 7.04. The molecule has 1 saturated carbocycles. The number of thioether (sulfide) groups is 1. The molecule has 3 atom stereocenters. The van der Waals surface area contributed by atoms with Crippen LogP contribution in [0.25, 0.3) is 0 Å². The van der Waals surface area contributed by atoms with E-state index < -0.39 is 0 Å². The number of rotatable bonds is 5. The number of nitrogens with one attached hydrogen (secondary N) is 1. The van der Waals surface area contributed by atoms with E-state index in [-0.39, 0.29) is 6.03 Å². The van der Waals surface area contributed by atoms with Gasteiger partial charge in [-0.15, -0.1) is 0 Å². The quantitative estimate of drug-likeness (QED) is 0.843. The molecule has 22 heavy (non-hydrogen) atoms. The van der Waals surface area contributed by atoms with E-state index >= 15 is 0 Å². The highest BCUT2D eigenvalue weighted by Crippen LogP contribution is 2.28. The summed E-state index contributed by atoms with van der Waals surface area (Å²) in [5, 5.41) is 4.01. The highest BCUT2D eigenvalue weighted by molar-refractivity contribution is 7.99. The minimum atomic E-state index is 0.125. The zero-order valence-electron chi connectivity index (χ0n) is 14.5. The highest BCUT2D eigenvalue weighted by Gasteiger charge is 2.25. The normalized spacial score (nSPS) is 30.0. The Labute approximate surface area is 140 Å². The van der Waals surface area contributed by atoms with Crippen molar-refractivity contribution in [3.8, 4) is 0 Å². The average molecular weight is 328 g/mol. The Morgan fingerprint density at radius 1 is 1.32 bits per heavy atom. The number of carbonyl (C=O) groups excluding carboxylic acids is 1. The van der Waals surface area contributed by atoms with E-state index in [9.17, 15) is 4.79 Å². The lowest BCUT2D eigenvalue weighted by molar-refractivity contribution is 0.160. The summed E-state index contributed by atoms with van der Waals surface area (Å²) in [6.07, 6.45) is 7.36. The third kappa shape index (κ3) is 5.65. The summed E-state index contributed by atoms with van der Waals surface area (Å²) in [6.45, 7) is 5.43. The second kappa shape index (κ2) is 9.02. The van der Waals surface area contributed by atoms with E-state index in [0.717, 1.165) is 31.2 Å². The number of nitrogens with zero attached hydrogens (tertiary/aromatic N) is 2. The number of amides is 2. The number of piperidine rings is 1. The third-order valence-electron chi connectivity index (χ3n) is 4.96. The van der Waals surface area contributed by atoms with Crippen molar-refractivity contribution in [3.63, 3.8) is 0 Å². The molecule has 0 unspecified atom stereocenters. The smallest absolute Gasteiger partial charge is 0.317 e. The van der Waals surface area contributed by atoms with Crippen molar-refractivity contribution in [2.75, 3.05) is 39.5 Å². The number of hydrogen-bond acceptors (Lipinski definition) is 3. The van der Waals surface area contributed by atoms with E-state index in [1.165, 1.54) is 38.0 Å². The van der Waals surface area contributed by atoms with Crippen LogP contribution in [0.3, 0.4) is 0 Å². The predicted molar refractivity (Wildman–Crippen MR) is 95.6 cm³/mol. The Balaban J connectivity index is 1.73. The van der Waals surface area contributed by atoms with Gasteiger partial charge in [0, 0.05) is 31.4 Å². The summed E-state index contributed by atoms with van der Waals surface area (Å²) in [6, 6.07) is 0.502. The van der Waals surface area contributed by atoms with E-state index in [1.807, 2.05) is 23.7 Å². The van der Waals surface area contributed by atoms with Crippen LogP contribution in [0.4, 0.5) is 4.79 Å². The molecule has 1 aliphatic heterocycles. The molecule has 0 aromatic heterocycles. The largest absolute Gasteiger partial charge is 0.335 e. The van der Waals surface area contributed by atoms with Gasteiger partial charge in [0.15, 0.2) is 0 Å². The molecule has 0 aromatic rings. The standard InChI is InChI=1S/C17H33N3OS/c1-4-22-16-9-5-8-15(11-16)18-17(21)20(3)13-14-7-6-10-19(2)12-14/h14-16H,4-13H2,1-3H3,(H,18,21)/t14-,15+,16+/m0/s1. The van der Waals surface area contributed by atoms with Gasteiger partial charge in [-0.05, 0) is 57.4 Å². The maximum atomic E-state index is 12.4. The van der Waals surface area contributed by atoms with Crippen molar-refractivity contribution in [3.05, 3.63) is 0 Å². The maximum Gasteiger partial charge on any atom is 0.317 e.